The van der Waals surface area contributed by atoms with Gasteiger partial charge in [0, 0.05) is 38.9 Å². The van der Waals surface area contributed by atoms with Crippen LogP contribution in [0.15, 0.2) is 35.4 Å². The van der Waals surface area contributed by atoms with E-state index in [0.717, 1.165) is 19.3 Å². The summed E-state index contributed by atoms with van der Waals surface area (Å²) < 4.78 is 44.5. The van der Waals surface area contributed by atoms with Crippen molar-refractivity contribution in [3.05, 3.63) is 41.7 Å². The predicted octanol–water partition coefficient (Wildman–Crippen LogP) is 2.03. The molecule has 1 amide bonds. The van der Waals surface area contributed by atoms with Crippen LogP contribution >= 0.6 is 0 Å². The SMILES string of the molecule is COC(=O)CN(Cc1cc(OC)cc(OC)c1)C(=O)c1cc(S(=O)(=O)N2CCCCC2)cn1C. The van der Waals surface area contributed by atoms with Crippen LogP contribution in [-0.2, 0) is 33.1 Å². The highest BCUT2D eigenvalue weighted by molar-refractivity contribution is 7.89. The molecule has 34 heavy (non-hydrogen) atoms. The van der Waals surface area contributed by atoms with Crippen molar-refractivity contribution in [1.82, 2.24) is 13.8 Å². The van der Waals surface area contributed by atoms with E-state index < -0.39 is 21.9 Å². The minimum absolute atomic E-state index is 0.0564. The van der Waals surface area contributed by atoms with Crippen molar-refractivity contribution in [3.63, 3.8) is 0 Å². The Kier molecular flexibility index (Phi) is 8.21. The van der Waals surface area contributed by atoms with E-state index in [1.165, 1.54) is 47.4 Å². The first-order valence-electron chi connectivity index (χ1n) is 10.9. The Morgan fingerprint density at radius 3 is 2.15 bits per heavy atom. The van der Waals surface area contributed by atoms with E-state index >= 15 is 0 Å². The largest absolute Gasteiger partial charge is 0.497 e. The van der Waals surface area contributed by atoms with Crippen LogP contribution in [0.1, 0.15) is 35.3 Å². The fraction of sp³-hybridized carbons (Fsp3) is 0.478. The second-order valence-electron chi connectivity index (χ2n) is 8.09. The maximum absolute atomic E-state index is 13.5. The molecule has 1 fully saturated rings. The standard InChI is InChI=1S/C23H31N3O7S/c1-24-15-20(34(29,30)26-8-6-5-7-9-26)13-21(24)23(28)25(16-22(27)33-4)14-17-10-18(31-2)12-19(11-17)32-3/h10-13,15H,5-9,14,16H2,1-4H3. The molecule has 1 aromatic carbocycles. The van der Waals surface area contributed by atoms with Crippen LogP contribution in [-0.4, -0.2) is 75.0 Å². The van der Waals surface area contributed by atoms with E-state index in [9.17, 15) is 18.0 Å². The van der Waals surface area contributed by atoms with Crippen LogP contribution in [0.2, 0.25) is 0 Å². The van der Waals surface area contributed by atoms with E-state index in [4.69, 9.17) is 14.2 Å². The highest BCUT2D eigenvalue weighted by Gasteiger charge is 2.30. The van der Waals surface area contributed by atoms with Gasteiger partial charge in [-0.15, -0.1) is 0 Å². The highest BCUT2D eigenvalue weighted by Crippen LogP contribution is 2.26. The lowest BCUT2D eigenvalue weighted by atomic mass is 10.1. The number of benzene rings is 1. The van der Waals surface area contributed by atoms with Crippen molar-refractivity contribution >= 4 is 21.9 Å². The third-order valence-corrected chi connectivity index (χ3v) is 7.64. The number of hydrogen-bond donors (Lipinski definition) is 0. The molecule has 3 rings (SSSR count). The summed E-state index contributed by atoms with van der Waals surface area (Å²) in [4.78, 5) is 26.9. The number of methoxy groups -OCH3 is 3. The van der Waals surface area contributed by atoms with Crippen molar-refractivity contribution < 1.29 is 32.2 Å². The number of hydrogen-bond acceptors (Lipinski definition) is 7. The van der Waals surface area contributed by atoms with Gasteiger partial charge in [-0.3, -0.25) is 9.59 Å². The van der Waals surface area contributed by atoms with Crippen molar-refractivity contribution in [2.24, 2.45) is 7.05 Å². The van der Waals surface area contributed by atoms with Gasteiger partial charge in [-0.25, -0.2) is 8.42 Å². The molecule has 0 unspecified atom stereocenters. The lowest BCUT2D eigenvalue weighted by molar-refractivity contribution is -0.141. The average molecular weight is 494 g/mol. The summed E-state index contributed by atoms with van der Waals surface area (Å²) in [5, 5.41) is 0. The number of esters is 1. The second kappa shape index (κ2) is 10.9. The van der Waals surface area contributed by atoms with Crippen LogP contribution in [0, 0.1) is 0 Å². The summed E-state index contributed by atoms with van der Waals surface area (Å²) in [5.74, 6) is -0.0319. The Balaban J connectivity index is 1.92. The minimum Gasteiger partial charge on any atom is -0.497 e. The molecule has 11 heteroatoms. The number of amides is 1. The van der Waals surface area contributed by atoms with Crippen LogP contribution in [0.25, 0.3) is 0 Å². The molecule has 0 spiro atoms. The smallest absolute Gasteiger partial charge is 0.325 e. The van der Waals surface area contributed by atoms with E-state index in [-0.39, 0.29) is 23.7 Å². The Hall–Kier alpha value is -3.05. The molecule has 1 aromatic heterocycles. The molecule has 1 aliphatic rings. The number of carbonyl (C=O) groups excluding carboxylic acids is 2. The van der Waals surface area contributed by atoms with E-state index in [1.54, 1.807) is 25.2 Å². The first-order chi connectivity index (χ1) is 16.2. The molecule has 2 heterocycles. The molecule has 10 nitrogen and oxygen atoms in total. The summed E-state index contributed by atoms with van der Waals surface area (Å²) >= 11 is 0. The average Bonchev–Trinajstić information content (AvgIpc) is 3.25. The van der Waals surface area contributed by atoms with Crippen LogP contribution in [0.5, 0.6) is 11.5 Å². The van der Waals surface area contributed by atoms with Gasteiger partial charge in [0.15, 0.2) is 0 Å². The van der Waals surface area contributed by atoms with Crippen LogP contribution in [0.4, 0.5) is 0 Å². The van der Waals surface area contributed by atoms with Crippen molar-refractivity contribution in [3.8, 4) is 11.5 Å². The van der Waals surface area contributed by atoms with Crippen molar-refractivity contribution in [1.29, 1.82) is 0 Å². The Morgan fingerprint density at radius 1 is 0.971 bits per heavy atom. The number of aromatic nitrogens is 1. The van der Waals surface area contributed by atoms with Gasteiger partial charge in [-0.05, 0) is 36.6 Å². The second-order valence-corrected chi connectivity index (χ2v) is 10.0. The molecule has 186 valence electrons. The fourth-order valence-electron chi connectivity index (χ4n) is 3.90. The van der Waals surface area contributed by atoms with Gasteiger partial charge < -0.3 is 23.7 Å². The van der Waals surface area contributed by atoms with E-state index in [0.29, 0.717) is 30.2 Å². The molecule has 0 aliphatic carbocycles. The molecule has 0 saturated carbocycles. The van der Waals surface area contributed by atoms with Gasteiger partial charge in [0.2, 0.25) is 10.0 Å². The molecule has 2 aromatic rings. The number of nitrogens with zero attached hydrogens (tertiary/aromatic N) is 3. The maximum Gasteiger partial charge on any atom is 0.325 e. The van der Waals surface area contributed by atoms with Gasteiger partial charge in [-0.1, -0.05) is 6.42 Å². The topological polar surface area (TPSA) is 107 Å². The number of sulfonamides is 1. The van der Waals surface area contributed by atoms with Gasteiger partial charge in [0.05, 0.1) is 21.3 Å². The first-order valence-corrected chi connectivity index (χ1v) is 12.4. The zero-order chi connectivity index (χ0) is 24.9. The Bertz CT molecular complexity index is 1120. The minimum atomic E-state index is -3.71. The quantitative estimate of drug-likeness (QED) is 0.492. The summed E-state index contributed by atoms with van der Waals surface area (Å²) in [5.41, 5.74) is 0.818. The summed E-state index contributed by atoms with van der Waals surface area (Å²) in [6, 6.07) is 6.53. The molecule has 0 N–H and O–H groups in total. The Morgan fingerprint density at radius 2 is 1.59 bits per heavy atom. The normalized spacial score (nSPS) is 14.5. The van der Waals surface area contributed by atoms with Gasteiger partial charge in [0.25, 0.3) is 5.91 Å². The molecule has 0 atom stereocenters. The molecule has 1 aliphatic heterocycles. The zero-order valence-corrected chi connectivity index (χ0v) is 20.8. The molecular formula is C23H31N3O7S. The Labute approximate surface area is 200 Å². The number of carbonyl (C=O) groups is 2. The zero-order valence-electron chi connectivity index (χ0n) is 19.9. The van der Waals surface area contributed by atoms with E-state index in [2.05, 4.69) is 0 Å². The number of rotatable bonds is 9. The van der Waals surface area contributed by atoms with Gasteiger partial charge >= 0.3 is 5.97 Å². The lowest BCUT2D eigenvalue weighted by Crippen LogP contribution is -2.36. The third-order valence-electron chi connectivity index (χ3n) is 5.77. The summed E-state index contributed by atoms with van der Waals surface area (Å²) in [6.45, 7) is 0.675. The maximum atomic E-state index is 13.5. The van der Waals surface area contributed by atoms with Gasteiger partial charge in [0.1, 0.15) is 28.6 Å². The highest BCUT2D eigenvalue weighted by atomic mass is 32.2. The van der Waals surface area contributed by atoms with Crippen LogP contribution in [0.3, 0.4) is 0 Å². The molecule has 0 bridgehead atoms. The summed E-state index contributed by atoms with van der Waals surface area (Å²) in [6.07, 6.45) is 4.06. The lowest BCUT2D eigenvalue weighted by Gasteiger charge is -2.25. The van der Waals surface area contributed by atoms with Gasteiger partial charge in [-0.2, -0.15) is 4.31 Å². The van der Waals surface area contributed by atoms with Crippen molar-refractivity contribution in [2.75, 3.05) is 41.0 Å². The number of aryl methyl sites for hydroxylation is 1. The molecular weight excluding hydrogens is 462 g/mol. The molecule has 0 radical (unpaired) electrons. The predicted molar refractivity (Wildman–Crippen MR) is 124 cm³/mol. The first kappa shape index (κ1) is 25.6. The third kappa shape index (κ3) is 5.71. The van der Waals surface area contributed by atoms with Crippen LogP contribution < -0.4 is 9.47 Å². The number of ether oxygens (including phenoxy) is 3. The van der Waals surface area contributed by atoms with Crippen molar-refractivity contribution in [2.45, 2.75) is 30.7 Å². The molecule has 1 saturated heterocycles. The van der Waals surface area contributed by atoms with E-state index in [1.807, 2.05) is 0 Å². The monoisotopic (exact) mass is 493 g/mol. The fourth-order valence-corrected chi connectivity index (χ4v) is 5.49. The summed E-state index contributed by atoms with van der Waals surface area (Å²) in [7, 11) is 2.17. The number of piperidine rings is 1.